The topological polar surface area (TPSA) is 138 Å². The maximum Gasteiger partial charge on any atom is 0.276 e. The monoisotopic (exact) mass is 592 g/mol. The van der Waals surface area contributed by atoms with E-state index in [-0.39, 0.29) is 36.4 Å². The number of aliphatic imine (C=N–C) groups is 1. The Morgan fingerprint density at radius 3 is 2.33 bits per heavy atom. The Kier molecular flexibility index (Phi) is 8.67. The lowest BCUT2D eigenvalue weighted by Gasteiger charge is -2.20. The number of guanidine groups is 1. The summed E-state index contributed by atoms with van der Waals surface area (Å²) in [5.41, 5.74) is 2.15. The third kappa shape index (κ3) is 7.19. The van der Waals surface area contributed by atoms with Crippen molar-refractivity contribution in [2.75, 3.05) is 26.7 Å². The van der Waals surface area contributed by atoms with E-state index in [1.807, 2.05) is 30.3 Å². The first-order chi connectivity index (χ1) is 18.4. The van der Waals surface area contributed by atoms with Gasteiger partial charge < -0.3 is 0 Å². The van der Waals surface area contributed by atoms with Gasteiger partial charge in [-0.3, -0.25) is 0 Å². The molecule has 1 aliphatic rings. The first-order valence-electron chi connectivity index (χ1n) is 11.7. The van der Waals surface area contributed by atoms with Crippen LogP contribution >= 0.6 is 11.6 Å². The molecule has 3 aromatic rings. The Morgan fingerprint density at radius 1 is 1.08 bits per heavy atom. The van der Waals surface area contributed by atoms with E-state index in [1.54, 1.807) is 12.1 Å². The third-order valence-electron chi connectivity index (χ3n) is 5.96. The highest BCUT2D eigenvalue weighted by Crippen LogP contribution is 2.29. The van der Waals surface area contributed by atoms with Gasteiger partial charge in [-0.1, -0.05) is 54.1 Å². The van der Waals surface area contributed by atoms with Crippen LogP contribution in [0.2, 0.25) is 5.02 Å². The maximum absolute atomic E-state index is 13.6. The van der Waals surface area contributed by atoms with Crippen molar-refractivity contribution >= 4 is 43.5 Å². The van der Waals surface area contributed by atoms with Gasteiger partial charge in [0, 0.05) is 24.5 Å². The van der Waals surface area contributed by atoms with Crippen LogP contribution in [0, 0.1) is 5.82 Å². The van der Waals surface area contributed by atoms with Crippen molar-refractivity contribution in [1.82, 2.24) is 14.0 Å². The summed E-state index contributed by atoms with van der Waals surface area (Å²) in [5, 5.41) is 11.6. The summed E-state index contributed by atoms with van der Waals surface area (Å²) < 4.78 is 66.7. The molecule has 0 aromatic heterocycles. The Morgan fingerprint density at radius 2 is 1.72 bits per heavy atom. The van der Waals surface area contributed by atoms with Crippen LogP contribution < -0.4 is 9.86 Å². The SMILES string of the molecule is CN(CCN=C(NS(=O)(=O)c1ccc(Cl)cc1)N1C[C@H](c2ccccc2)C(c2ccc(F)cc2)=N1)S(N)(=O)=O. The number of likely N-dealkylation sites (N-methyl/N-ethyl adjacent to an activating group) is 1. The third-order valence-corrected chi connectivity index (χ3v) is 8.61. The fraction of sp³-hybridized carbons (Fsp3) is 0.200. The van der Waals surface area contributed by atoms with Gasteiger partial charge in [-0.25, -0.2) is 32.7 Å². The number of benzene rings is 3. The van der Waals surface area contributed by atoms with Gasteiger partial charge in [0.05, 0.1) is 23.7 Å². The predicted molar refractivity (Wildman–Crippen MR) is 149 cm³/mol. The summed E-state index contributed by atoms with van der Waals surface area (Å²) in [6, 6.07) is 20.9. The van der Waals surface area contributed by atoms with E-state index in [1.165, 1.54) is 48.5 Å². The lowest BCUT2D eigenvalue weighted by molar-refractivity contribution is 0.453. The summed E-state index contributed by atoms with van der Waals surface area (Å²) in [4.78, 5) is 4.30. The highest BCUT2D eigenvalue weighted by Gasteiger charge is 2.33. The minimum Gasteiger partial charge on any atom is -0.249 e. The lowest BCUT2D eigenvalue weighted by atomic mass is 9.91. The molecule has 206 valence electrons. The molecule has 14 heteroatoms. The van der Waals surface area contributed by atoms with E-state index in [0.717, 1.165) is 9.87 Å². The number of rotatable bonds is 8. The van der Waals surface area contributed by atoms with Crippen molar-refractivity contribution in [3.05, 3.63) is 101 Å². The standard InChI is InChI=1S/C25H26ClFN6O4S2/c1-32(39(28,36)37)16-15-29-25(31-38(34,35)22-13-9-20(26)10-14-22)33-17-23(18-5-3-2-4-6-18)24(30-33)19-7-11-21(27)12-8-19/h2-14,23H,15-17H2,1H3,(H,29,31)(H2,28,36,37)/t23-/m1/s1. The summed E-state index contributed by atoms with van der Waals surface area (Å²) in [6.45, 7) is -0.00147. The minimum atomic E-state index is -4.12. The quantitative estimate of drug-likeness (QED) is 0.306. The molecule has 1 aliphatic heterocycles. The zero-order valence-corrected chi connectivity index (χ0v) is 23.2. The zero-order valence-electron chi connectivity index (χ0n) is 20.8. The fourth-order valence-corrected chi connectivity index (χ4v) is 5.33. The van der Waals surface area contributed by atoms with Crippen LogP contribution in [-0.4, -0.2) is 64.5 Å². The van der Waals surface area contributed by atoms with Crippen LogP contribution in [0.5, 0.6) is 0 Å². The van der Waals surface area contributed by atoms with Crippen LogP contribution in [0.25, 0.3) is 0 Å². The molecule has 0 saturated carbocycles. The summed E-state index contributed by atoms with van der Waals surface area (Å²) in [6.07, 6.45) is 0. The molecule has 0 amide bonds. The van der Waals surface area contributed by atoms with E-state index >= 15 is 0 Å². The molecule has 1 heterocycles. The predicted octanol–water partition coefficient (Wildman–Crippen LogP) is 2.75. The van der Waals surface area contributed by atoms with Crippen molar-refractivity contribution in [3.63, 3.8) is 0 Å². The summed E-state index contributed by atoms with van der Waals surface area (Å²) >= 11 is 5.91. The van der Waals surface area contributed by atoms with Gasteiger partial charge in [0.2, 0.25) is 5.96 Å². The van der Waals surface area contributed by atoms with Gasteiger partial charge in [0.15, 0.2) is 0 Å². The Bertz CT molecular complexity index is 1580. The number of nitrogens with zero attached hydrogens (tertiary/aromatic N) is 4. The first-order valence-corrected chi connectivity index (χ1v) is 15.0. The van der Waals surface area contributed by atoms with Crippen LogP contribution in [0.4, 0.5) is 4.39 Å². The maximum atomic E-state index is 13.6. The molecular formula is C25H26ClFN6O4S2. The molecule has 0 unspecified atom stereocenters. The van der Waals surface area contributed by atoms with Crippen molar-refractivity contribution in [1.29, 1.82) is 0 Å². The van der Waals surface area contributed by atoms with Gasteiger partial charge in [0.1, 0.15) is 5.82 Å². The molecule has 0 bridgehead atoms. The van der Waals surface area contributed by atoms with E-state index in [0.29, 0.717) is 16.3 Å². The summed E-state index contributed by atoms with van der Waals surface area (Å²) in [5.74, 6) is -0.817. The second kappa shape index (κ2) is 11.8. The Hall–Kier alpha value is -3.36. The molecule has 0 fully saturated rings. The molecule has 10 nitrogen and oxygen atoms in total. The second-order valence-electron chi connectivity index (χ2n) is 8.67. The van der Waals surface area contributed by atoms with Crippen molar-refractivity contribution in [2.24, 2.45) is 15.2 Å². The number of hydrogen-bond acceptors (Lipinski definition) is 6. The van der Waals surface area contributed by atoms with Crippen LogP contribution in [-0.2, 0) is 20.2 Å². The molecule has 0 aliphatic carbocycles. The molecule has 3 N–H and O–H groups in total. The van der Waals surface area contributed by atoms with Gasteiger partial charge in [-0.2, -0.15) is 17.8 Å². The number of nitrogens with one attached hydrogen (secondary N) is 1. The van der Waals surface area contributed by atoms with Gasteiger partial charge in [-0.05, 0) is 47.5 Å². The average Bonchev–Trinajstić information content (AvgIpc) is 3.34. The number of nitrogens with two attached hydrogens (primary N) is 1. The highest BCUT2D eigenvalue weighted by atomic mass is 35.5. The molecule has 3 aromatic carbocycles. The second-order valence-corrected chi connectivity index (χ2v) is 12.4. The average molecular weight is 593 g/mol. The highest BCUT2D eigenvalue weighted by molar-refractivity contribution is 7.90. The Balaban J connectivity index is 1.72. The van der Waals surface area contributed by atoms with Gasteiger partial charge >= 0.3 is 0 Å². The van der Waals surface area contributed by atoms with Gasteiger partial charge in [-0.15, -0.1) is 0 Å². The first kappa shape index (κ1) is 28.6. The van der Waals surface area contributed by atoms with E-state index in [2.05, 4.69) is 14.8 Å². The largest absolute Gasteiger partial charge is 0.276 e. The number of hydrogen-bond donors (Lipinski definition) is 2. The van der Waals surface area contributed by atoms with Crippen molar-refractivity contribution in [3.8, 4) is 0 Å². The normalized spacial score (nSPS) is 16.4. The number of hydrazone groups is 1. The minimum absolute atomic E-state index is 0.0530. The van der Waals surface area contributed by atoms with Crippen LogP contribution in [0.1, 0.15) is 17.0 Å². The zero-order chi connectivity index (χ0) is 28.2. The van der Waals surface area contributed by atoms with E-state index in [9.17, 15) is 21.2 Å². The van der Waals surface area contributed by atoms with Crippen molar-refractivity contribution < 1.29 is 21.2 Å². The molecule has 0 saturated heterocycles. The van der Waals surface area contributed by atoms with Crippen LogP contribution in [0.15, 0.2) is 93.9 Å². The van der Waals surface area contributed by atoms with E-state index in [4.69, 9.17) is 16.7 Å². The van der Waals surface area contributed by atoms with Crippen LogP contribution in [0.3, 0.4) is 0 Å². The number of sulfonamides is 1. The van der Waals surface area contributed by atoms with Gasteiger partial charge in [0.25, 0.3) is 20.2 Å². The lowest BCUT2D eigenvalue weighted by Crippen LogP contribution is -2.42. The van der Waals surface area contributed by atoms with Crippen molar-refractivity contribution in [2.45, 2.75) is 10.8 Å². The fourth-order valence-electron chi connectivity index (χ4n) is 3.85. The molecule has 0 radical (unpaired) electrons. The smallest absolute Gasteiger partial charge is 0.249 e. The number of halogens is 2. The summed E-state index contributed by atoms with van der Waals surface area (Å²) in [7, 11) is -6.79. The Labute approximate surface area is 231 Å². The molecule has 0 spiro atoms. The van der Waals surface area contributed by atoms with E-state index < -0.39 is 26.0 Å². The molecule has 1 atom stereocenters. The molecular weight excluding hydrogens is 567 g/mol. The molecule has 4 rings (SSSR count). The molecule has 39 heavy (non-hydrogen) atoms.